The van der Waals surface area contributed by atoms with E-state index in [1.54, 1.807) is 24.3 Å². The van der Waals surface area contributed by atoms with Crippen LogP contribution in [0.1, 0.15) is 25.7 Å². The molecule has 1 fully saturated rings. The van der Waals surface area contributed by atoms with Gasteiger partial charge in [-0.2, -0.15) is 0 Å². The molecule has 25 heavy (non-hydrogen) atoms. The number of benzene rings is 2. The summed E-state index contributed by atoms with van der Waals surface area (Å²) in [6.45, 7) is 0. The van der Waals surface area contributed by atoms with E-state index in [0.717, 1.165) is 25.7 Å². The highest BCUT2D eigenvalue weighted by atomic mass is 19.1. The van der Waals surface area contributed by atoms with E-state index < -0.39 is 11.8 Å². The number of anilines is 1. The van der Waals surface area contributed by atoms with Crippen LogP contribution < -0.4 is 15.4 Å². The van der Waals surface area contributed by atoms with Crippen LogP contribution in [0.5, 0.6) is 5.75 Å². The first-order chi connectivity index (χ1) is 12.1. The van der Waals surface area contributed by atoms with Crippen LogP contribution in [0.2, 0.25) is 0 Å². The highest BCUT2D eigenvalue weighted by Gasteiger charge is 2.23. The summed E-state index contributed by atoms with van der Waals surface area (Å²) in [6, 6.07) is 11.6. The van der Waals surface area contributed by atoms with E-state index in [1.807, 2.05) is 0 Å². The largest absolute Gasteiger partial charge is 0.490 e. The first-order valence-electron chi connectivity index (χ1n) is 8.34. The Morgan fingerprint density at radius 1 is 0.960 bits per heavy atom. The quantitative estimate of drug-likeness (QED) is 0.858. The maximum Gasteiger partial charge on any atom is 0.319 e. The van der Waals surface area contributed by atoms with Gasteiger partial charge in [0.15, 0.2) is 0 Å². The summed E-state index contributed by atoms with van der Waals surface area (Å²) in [5, 5.41) is 5.39. The van der Waals surface area contributed by atoms with Crippen molar-refractivity contribution < 1.29 is 18.3 Å². The molecule has 0 aromatic heterocycles. The molecular weight excluding hydrogens is 326 g/mol. The molecule has 6 heteroatoms. The molecule has 2 amide bonds. The van der Waals surface area contributed by atoms with Crippen molar-refractivity contribution >= 4 is 11.7 Å². The van der Waals surface area contributed by atoms with Crippen LogP contribution in [0.25, 0.3) is 0 Å². The average molecular weight is 346 g/mol. The minimum atomic E-state index is -0.464. The number of amides is 2. The second kappa shape index (κ2) is 7.96. The van der Waals surface area contributed by atoms with Crippen LogP contribution in [0.15, 0.2) is 48.5 Å². The van der Waals surface area contributed by atoms with E-state index in [4.69, 9.17) is 4.74 Å². The summed E-state index contributed by atoms with van der Waals surface area (Å²) in [6.07, 6.45) is 3.19. The number of rotatable bonds is 4. The molecule has 0 saturated heterocycles. The molecular formula is C19H20F2N2O2. The van der Waals surface area contributed by atoms with E-state index in [2.05, 4.69) is 10.6 Å². The molecule has 0 heterocycles. The number of para-hydroxylation sites is 1. The molecule has 1 saturated carbocycles. The zero-order valence-corrected chi connectivity index (χ0v) is 13.7. The number of halogens is 2. The molecule has 2 aromatic rings. The van der Waals surface area contributed by atoms with Gasteiger partial charge in [0, 0.05) is 6.04 Å². The minimum Gasteiger partial charge on any atom is -0.490 e. The predicted molar refractivity (Wildman–Crippen MR) is 91.6 cm³/mol. The predicted octanol–water partition coefficient (Wildman–Crippen LogP) is 4.48. The number of hydrogen-bond donors (Lipinski definition) is 2. The number of ether oxygens (including phenoxy) is 1. The number of nitrogens with one attached hydrogen (secondary N) is 2. The number of carbonyl (C=O) groups excluding carboxylic acids is 1. The Hall–Kier alpha value is -2.63. The van der Waals surface area contributed by atoms with Gasteiger partial charge in [-0.25, -0.2) is 13.6 Å². The molecule has 2 aromatic carbocycles. The Labute approximate surface area is 145 Å². The van der Waals surface area contributed by atoms with Gasteiger partial charge in [-0.05, 0) is 62.1 Å². The first kappa shape index (κ1) is 17.2. The Bertz CT molecular complexity index is 714. The lowest BCUT2D eigenvalue weighted by molar-refractivity contribution is 0.141. The summed E-state index contributed by atoms with van der Waals surface area (Å²) in [4.78, 5) is 12.0. The molecule has 0 aliphatic heterocycles. The Kier molecular flexibility index (Phi) is 5.48. The lowest BCUT2D eigenvalue weighted by atomic mass is 9.93. The van der Waals surface area contributed by atoms with Crippen LogP contribution in [-0.4, -0.2) is 18.2 Å². The fraction of sp³-hybridized carbons (Fsp3) is 0.316. The van der Waals surface area contributed by atoms with E-state index in [1.165, 1.54) is 24.3 Å². The Morgan fingerprint density at radius 3 is 2.32 bits per heavy atom. The smallest absolute Gasteiger partial charge is 0.319 e. The second-order valence-electron chi connectivity index (χ2n) is 6.12. The van der Waals surface area contributed by atoms with E-state index in [-0.39, 0.29) is 23.7 Å². The van der Waals surface area contributed by atoms with E-state index in [9.17, 15) is 13.6 Å². The summed E-state index contributed by atoms with van der Waals surface area (Å²) in [7, 11) is 0. The lowest BCUT2D eigenvalue weighted by Crippen LogP contribution is -2.41. The highest BCUT2D eigenvalue weighted by molar-refractivity contribution is 5.89. The Morgan fingerprint density at radius 2 is 1.64 bits per heavy atom. The third kappa shape index (κ3) is 4.92. The molecule has 4 nitrogen and oxygen atoms in total. The van der Waals surface area contributed by atoms with Gasteiger partial charge in [-0.1, -0.05) is 12.1 Å². The third-order valence-electron chi connectivity index (χ3n) is 4.25. The molecule has 0 spiro atoms. The van der Waals surface area contributed by atoms with Crippen LogP contribution >= 0.6 is 0 Å². The molecule has 0 unspecified atom stereocenters. The van der Waals surface area contributed by atoms with E-state index in [0.29, 0.717) is 5.75 Å². The fourth-order valence-corrected chi connectivity index (χ4v) is 2.94. The summed E-state index contributed by atoms with van der Waals surface area (Å²) in [5.41, 5.74) is 0.160. The van der Waals surface area contributed by atoms with Gasteiger partial charge in [-0.15, -0.1) is 0 Å². The fourth-order valence-electron chi connectivity index (χ4n) is 2.94. The molecule has 3 rings (SSSR count). The monoisotopic (exact) mass is 346 g/mol. The maximum absolute atomic E-state index is 13.5. The molecule has 2 N–H and O–H groups in total. The summed E-state index contributed by atoms with van der Waals surface area (Å²) in [5.74, 6) is -0.106. The van der Waals surface area contributed by atoms with Crippen molar-refractivity contribution in [2.45, 2.75) is 37.8 Å². The van der Waals surface area contributed by atoms with Gasteiger partial charge in [-0.3, -0.25) is 0 Å². The molecule has 1 aliphatic carbocycles. The zero-order chi connectivity index (χ0) is 17.6. The van der Waals surface area contributed by atoms with Gasteiger partial charge < -0.3 is 15.4 Å². The first-order valence-corrected chi connectivity index (χ1v) is 8.34. The standard InChI is InChI=1S/C19H20F2N2O2/c20-13-5-9-15(10-6-13)25-16-11-7-14(8-12-16)22-19(24)23-18-4-2-1-3-17(18)21/h1-6,9-10,14,16H,7-8,11-12H2,(H2,22,23,24)/t14-,16+. The van der Waals surface area contributed by atoms with Gasteiger partial charge in [0.1, 0.15) is 17.4 Å². The molecule has 0 bridgehead atoms. The number of carbonyl (C=O) groups is 1. The summed E-state index contributed by atoms with van der Waals surface area (Å²) >= 11 is 0. The zero-order valence-electron chi connectivity index (χ0n) is 13.7. The molecule has 0 radical (unpaired) electrons. The average Bonchev–Trinajstić information content (AvgIpc) is 2.61. The highest BCUT2D eigenvalue weighted by Crippen LogP contribution is 2.24. The van der Waals surface area contributed by atoms with Crippen molar-refractivity contribution in [3.63, 3.8) is 0 Å². The second-order valence-corrected chi connectivity index (χ2v) is 6.12. The van der Waals surface area contributed by atoms with Crippen molar-refractivity contribution in [3.8, 4) is 5.75 Å². The third-order valence-corrected chi connectivity index (χ3v) is 4.25. The van der Waals surface area contributed by atoms with Crippen molar-refractivity contribution in [1.29, 1.82) is 0 Å². The minimum absolute atomic E-state index is 0.0276. The van der Waals surface area contributed by atoms with Crippen LogP contribution in [0, 0.1) is 11.6 Å². The van der Waals surface area contributed by atoms with E-state index >= 15 is 0 Å². The van der Waals surface area contributed by atoms with Gasteiger partial charge in [0.25, 0.3) is 0 Å². The number of urea groups is 1. The molecule has 1 aliphatic rings. The molecule has 0 atom stereocenters. The van der Waals surface area contributed by atoms with Crippen molar-refractivity contribution in [3.05, 3.63) is 60.2 Å². The normalized spacial score (nSPS) is 19.9. The Balaban J connectivity index is 1.43. The SMILES string of the molecule is O=C(Nc1ccccc1F)N[C@H]1CC[C@@H](Oc2ccc(F)cc2)CC1. The van der Waals surface area contributed by atoms with Crippen molar-refractivity contribution in [1.82, 2.24) is 5.32 Å². The lowest BCUT2D eigenvalue weighted by Gasteiger charge is -2.29. The molecule has 132 valence electrons. The van der Waals surface area contributed by atoms with Crippen LogP contribution in [-0.2, 0) is 0 Å². The summed E-state index contributed by atoms with van der Waals surface area (Å²) < 4.78 is 32.3. The van der Waals surface area contributed by atoms with Gasteiger partial charge >= 0.3 is 6.03 Å². The van der Waals surface area contributed by atoms with Gasteiger partial charge in [0.2, 0.25) is 0 Å². The maximum atomic E-state index is 13.5. The van der Waals surface area contributed by atoms with Crippen molar-refractivity contribution in [2.24, 2.45) is 0 Å². The van der Waals surface area contributed by atoms with Gasteiger partial charge in [0.05, 0.1) is 11.8 Å². The van der Waals surface area contributed by atoms with Crippen molar-refractivity contribution in [2.75, 3.05) is 5.32 Å². The van der Waals surface area contributed by atoms with Crippen LogP contribution in [0.3, 0.4) is 0 Å². The number of hydrogen-bond acceptors (Lipinski definition) is 2. The topological polar surface area (TPSA) is 50.4 Å². The van der Waals surface area contributed by atoms with Crippen LogP contribution in [0.4, 0.5) is 19.3 Å².